The topological polar surface area (TPSA) is 29.1 Å². The number of carbonyl (C=O) groups excluding carboxylic acids is 1. The molecule has 0 spiro atoms. The Morgan fingerprint density at radius 1 is 1.00 bits per heavy atom. The molecule has 2 heteroatoms. The summed E-state index contributed by atoms with van der Waals surface area (Å²) in [5, 5.41) is 3.27. The highest BCUT2D eigenvalue weighted by Crippen LogP contribution is 2.07. The van der Waals surface area contributed by atoms with Crippen molar-refractivity contribution in [3.63, 3.8) is 0 Å². The second-order valence-corrected chi connectivity index (χ2v) is 4.92. The van der Waals surface area contributed by atoms with Crippen LogP contribution in [0.3, 0.4) is 0 Å². The van der Waals surface area contributed by atoms with Crippen molar-refractivity contribution in [2.24, 2.45) is 0 Å². The van der Waals surface area contributed by atoms with Gasteiger partial charge in [-0.2, -0.15) is 0 Å². The maximum absolute atomic E-state index is 11.5. The minimum atomic E-state index is 0.420. The lowest BCUT2D eigenvalue weighted by Gasteiger charge is -2.06. The molecule has 0 rings (SSSR count). The van der Waals surface area contributed by atoms with Crippen LogP contribution in [0.25, 0.3) is 0 Å². The number of ketones is 1. The Morgan fingerprint density at radius 2 is 1.62 bits per heavy atom. The number of hydrogen-bond acceptors (Lipinski definition) is 2. The van der Waals surface area contributed by atoms with Crippen LogP contribution in [0.5, 0.6) is 0 Å². The van der Waals surface area contributed by atoms with E-state index in [2.05, 4.69) is 26.1 Å². The summed E-state index contributed by atoms with van der Waals surface area (Å²) in [5.74, 6) is 0.420. The van der Waals surface area contributed by atoms with Crippen molar-refractivity contribution in [2.75, 3.05) is 6.54 Å². The Labute approximate surface area is 101 Å². The molecule has 0 fully saturated rings. The highest BCUT2D eigenvalue weighted by Gasteiger charge is 2.01. The maximum atomic E-state index is 11.5. The molecule has 0 aromatic rings. The van der Waals surface area contributed by atoms with Gasteiger partial charge in [0.15, 0.2) is 0 Å². The fourth-order valence-electron chi connectivity index (χ4n) is 1.73. The first-order chi connectivity index (χ1) is 7.66. The Hall–Kier alpha value is -0.370. The van der Waals surface area contributed by atoms with Gasteiger partial charge in [0.2, 0.25) is 0 Å². The van der Waals surface area contributed by atoms with Crippen molar-refractivity contribution in [2.45, 2.75) is 78.2 Å². The van der Waals surface area contributed by atoms with Crippen molar-refractivity contribution in [3.8, 4) is 0 Å². The van der Waals surface area contributed by atoms with Crippen molar-refractivity contribution >= 4 is 5.78 Å². The van der Waals surface area contributed by atoms with Gasteiger partial charge >= 0.3 is 0 Å². The number of unbranched alkanes of at least 4 members (excludes halogenated alkanes) is 5. The quantitative estimate of drug-likeness (QED) is 0.545. The maximum Gasteiger partial charge on any atom is 0.134 e. The fourth-order valence-corrected chi connectivity index (χ4v) is 1.73. The third-order valence-electron chi connectivity index (χ3n) is 2.77. The Bertz CT molecular complexity index is 166. The lowest BCUT2D eigenvalue weighted by atomic mass is 10.1. The first-order valence-electron chi connectivity index (χ1n) is 6.92. The summed E-state index contributed by atoms with van der Waals surface area (Å²) >= 11 is 0. The van der Waals surface area contributed by atoms with Gasteiger partial charge in [-0.15, -0.1) is 0 Å². The van der Waals surface area contributed by atoms with Crippen LogP contribution in [0.4, 0.5) is 0 Å². The van der Waals surface area contributed by atoms with E-state index in [1.807, 2.05) is 0 Å². The minimum absolute atomic E-state index is 0.420. The van der Waals surface area contributed by atoms with E-state index in [0.717, 1.165) is 19.4 Å². The van der Waals surface area contributed by atoms with E-state index in [1.54, 1.807) is 0 Å². The molecule has 0 heterocycles. The smallest absolute Gasteiger partial charge is 0.134 e. The van der Waals surface area contributed by atoms with Gasteiger partial charge in [0.05, 0.1) is 0 Å². The van der Waals surface area contributed by atoms with Crippen LogP contribution in [0.2, 0.25) is 0 Å². The molecule has 0 aromatic heterocycles. The molecule has 0 amide bonds. The SMILES string of the molecule is CCCCCCCCC(=O)CCNC(C)C. The summed E-state index contributed by atoms with van der Waals surface area (Å²) in [5.41, 5.74) is 0. The minimum Gasteiger partial charge on any atom is -0.314 e. The van der Waals surface area contributed by atoms with Crippen LogP contribution in [-0.2, 0) is 4.79 Å². The van der Waals surface area contributed by atoms with E-state index in [-0.39, 0.29) is 0 Å². The predicted molar refractivity (Wildman–Crippen MR) is 70.8 cm³/mol. The molecule has 0 aliphatic heterocycles. The molecule has 0 unspecified atom stereocenters. The molecule has 0 radical (unpaired) electrons. The number of hydrogen-bond donors (Lipinski definition) is 1. The summed E-state index contributed by atoms with van der Waals surface area (Å²) in [6.07, 6.45) is 9.06. The average molecular weight is 227 g/mol. The molecular formula is C14H29NO. The van der Waals surface area contributed by atoms with Gasteiger partial charge in [-0.25, -0.2) is 0 Å². The monoisotopic (exact) mass is 227 g/mol. The van der Waals surface area contributed by atoms with Gasteiger partial charge in [-0.05, 0) is 6.42 Å². The van der Waals surface area contributed by atoms with E-state index in [4.69, 9.17) is 0 Å². The lowest BCUT2D eigenvalue weighted by molar-refractivity contribution is -0.119. The standard InChI is InChI=1S/C14H29NO/c1-4-5-6-7-8-9-10-14(16)11-12-15-13(2)3/h13,15H,4-12H2,1-3H3. The number of carbonyl (C=O) groups is 1. The summed E-state index contributed by atoms with van der Waals surface area (Å²) in [7, 11) is 0. The van der Waals surface area contributed by atoms with Gasteiger partial charge in [0, 0.05) is 25.4 Å². The zero-order chi connectivity index (χ0) is 12.2. The van der Waals surface area contributed by atoms with Crippen molar-refractivity contribution in [1.82, 2.24) is 5.32 Å². The van der Waals surface area contributed by atoms with Crippen LogP contribution in [-0.4, -0.2) is 18.4 Å². The van der Waals surface area contributed by atoms with Crippen LogP contribution in [0, 0.1) is 0 Å². The molecule has 0 saturated carbocycles. The van der Waals surface area contributed by atoms with Gasteiger partial charge in [-0.3, -0.25) is 4.79 Å². The summed E-state index contributed by atoms with van der Waals surface area (Å²) in [6.45, 7) is 7.29. The number of rotatable bonds is 11. The molecule has 2 nitrogen and oxygen atoms in total. The molecule has 1 N–H and O–H groups in total. The van der Waals surface area contributed by atoms with Crippen molar-refractivity contribution in [1.29, 1.82) is 0 Å². The molecule has 0 aliphatic carbocycles. The second-order valence-electron chi connectivity index (χ2n) is 4.92. The molecule has 0 aliphatic rings. The lowest BCUT2D eigenvalue weighted by Crippen LogP contribution is -2.25. The van der Waals surface area contributed by atoms with Crippen LogP contribution >= 0.6 is 0 Å². The molecule has 16 heavy (non-hydrogen) atoms. The first-order valence-corrected chi connectivity index (χ1v) is 6.92. The molecule has 0 saturated heterocycles. The molecule has 0 atom stereocenters. The zero-order valence-corrected chi connectivity index (χ0v) is 11.3. The average Bonchev–Trinajstić information content (AvgIpc) is 2.22. The largest absolute Gasteiger partial charge is 0.314 e. The van der Waals surface area contributed by atoms with E-state index < -0.39 is 0 Å². The molecule has 96 valence electrons. The third kappa shape index (κ3) is 11.7. The highest BCUT2D eigenvalue weighted by molar-refractivity contribution is 5.78. The van der Waals surface area contributed by atoms with Crippen LogP contribution in [0.1, 0.15) is 72.1 Å². The van der Waals surface area contributed by atoms with Gasteiger partial charge in [0.1, 0.15) is 5.78 Å². The summed E-state index contributed by atoms with van der Waals surface area (Å²) in [4.78, 5) is 11.5. The van der Waals surface area contributed by atoms with Crippen molar-refractivity contribution < 1.29 is 4.79 Å². The van der Waals surface area contributed by atoms with E-state index in [1.165, 1.54) is 32.1 Å². The Morgan fingerprint density at radius 3 is 2.25 bits per heavy atom. The van der Waals surface area contributed by atoms with E-state index in [0.29, 0.717) is 18.2 Å². The number of Topliss-reactive ketones (excluding diaryl/α,β-unsaturated/α-hetero) is 1. The fraction of sp³-hybridized carbons (Fsp3) is 0.929. The second kappa shape index (κ2) is 11.1. The Balaban J connectivity index is 3.17. The summed E-state index contributed by atoms with van der Waals surface area (Å²) in [6, 6.07) is 0.488. The molecular weight excluding hydrogens is 198 g/mol. The third-order valence-corrected chi connectivity index (χ3v) is 2.77. The van der Waals surface area contributed by atoms with Gasteiger partial charge in [-0.1, -0.05) is 52.9 Å². The highest BCUT2D eigenvalue weighted by atomic mass is 16.1. The van der Waals surface area contributed by atoms with Crippen LogP contribution < -0.4 is 5.32 Å². The number of nitrogens with one attached hydrogen (secondary N) is 1. The van der Waals surface area contributed by atoms with E-state index >= 15 is 0 Å². The van der Waals surface area contributed by atoms with Gasteiger partial charge < -0.3 is 5.32 Å². The first kappa shape index (κ1) is 15.6. The molecule has 0 bridgehead atoms. The normalized spacial score (nSPS) is 11.0. The predicted octanol–water partition coefficient (Wildman–Crippen LogP) is 3.69. The molecule has 0 aromatic carbocycles. The van der Waals surface area contributed by atoms with Crippen molar-refractivity contribution in [3.05, 3.63) is 0 Å². The Kier molecular flexibility index (Phi) is 10.9. The van der Waals surface area contributed by atoms with Crippen LogP contribution in [0.15, 0.2) is 0 Å². The zero-order valence-electron chi connectivity index (χ0n) is 11.3. The van der Waals surface area contributed by atoms with E-state index in [9.17, 15) is 4.79 Å². The van der Waals surface area contributed by atoms with Gasteiger partial charge in [0.25, 0.3) is 0 Å². The summed E-state index contributed by atoms with van der Waals surface area (Å²) < 4.78 is 0.